The van der Waals surface area contributed by atoms with E-state index in [1.807, 2.05) is 18.2 Å². The van der Waals surface area contributed by atoms with Gasteiger partial charge in [0.25, 0.3) is 0 Å². The zero-order chi connectivity index (χ0) is 13.5. The molecule has 0 aliphatic heterocycles. The van der Waals surface area contributed by atoms with Crippen LogP contribution in [0.2, 0.25) is 0 Å². The first kappa shape index (κ1) is 14.0. The van der Waals surface area contributed by atoms with Crippen molar-refractivity contribution in [3.63, 3.8) is 0 Å². The first-order valence-electron chi connectivity index (χ1n) is 6.44. The molecule has 0 heterocycles. The van der Waals surface area contributed by atoms with Crippen molar-refractivity contribution in [2.24, 2.45) is 0 Å². The lowest BCUT2D eigenvalue weighted by molar-refractivity contribution is 0.405. The lowest BCUT2D eigenvalue weighted by atomic mass is 10.2. The van der Waals surface area contributed by atoms with Crippen LogP contribution in [0.1, 0.15) is 12.5 Å². The molecule has 1 N–H and O–H groups in total. The second-order valence-corrected chi connectivity index (χ2v) is 5.22. The van der Waals surface area contributed by atoms with Crippen molar-refractivity contribution >= 4 is 11.8 Å². The van der Waals surface area contributed by atoms with Gasteiger partial charge < -0.3 is 10.1 Å². The van der Waals surface area contributed by atoms with Gasteiger partial charge in [-0.3, -0.25) is 0 Å². The van der Waals surface area contributed by atoms with Gasteiger partial charge in [0, 0.05) is 11.4 Å². The fourth-order valence-electron chi connectivity index (χ4n) is 1.83. The summed E-state index contributed by atoms with van der Waals surface area (Å²) in [5.41, 5.74) is 1.32. The Bertz CT molecular complexity index is 528. The molecule has 0 saturated heterocycles. The Balaban J connectivity index is 2.22. The maximum Gasteiger partial charge on any atom is 0.132 e. The van der Waals surface area contributed by atoms with Crippen LogP contribution in [-0.2, 0) is 6.54 Å². The smallest absolute Gasteiger partial charge is 0.132 e. The maximum atomic E-state index is 5.40. The standard InChI is InChI=1S/C16H19NOS/c1-3-17-12-13-8-4-6-10-15(13)19-16-11-7-5-9-14(16)18-2/h4-11,17H,3,12H2,1-2H3. The van der Waals surface area contributed by atoms with E-state index in [9.17, 15) is 0 Å². The topological polar surface area (TPSA) is 21.3 Å². The molecule has 3 heteroatoms. The largest absolute Gasteiger partial charge is 0.496 e. The number of rotatable bonds is 6. The molecule has 0 radical (unpaired) electrons. The van der Waals surface area contributed by atoms with Crippen LogP contribution in [0.5, 0.6) is 5.75 Å². The number of hydrogen-bond acceptors (Lipinski definition) is 3. The third-order valence-electron chi connectivity index (χ3n) is 2.83. The highest BCUT2D eigenvalue weighted by atomic mass is 32.2. The summed E-state index contributed by atoms with van der Waals surface area (Å²) in [5.74, 6) is 0.922. The van der Waals surface area contributed by atoms with Crippen LogP contribution in [-0.4, -0.2) is 13.7 Å². The van der Waals surface area contributed by atoms with Gasteiger partial charge in [0.1, 0.15) is 5.75 Å². The highest BCUT2D eigenvalue weighted by Gasteiger charge is 2.07. The highest BCUT2D eigenvalue weighted by molar-refractivity contribution is 7.99. The molecular formula is C16H19NOS. The van der Waals surface area contributed by atoms with Crippen molar-refractivity contribution in [1.82, 2.24) is 5.32 Å². The van der Waals surface area contributed by atoms with Gasteiger partial charge in [-0.2, -0.15) is 0 Å². The molecule has 0 aliphatic carbocycles. The second-order valence-electron chi connectivity index (χ2n) is 4.14. The molecule has 0 aliphatic rings. The van der Waals surface area contributed by atoms with Crippen molar-refractivity contribution in [3.8, 4) is 5.75 Å². The maximum absolute atomic E-state index is 5.40. The van der Waals surface area contributed by atoms with E-state index in [0.29, 0.717) is 0 Å². The molecule has 2 aromatic carbocycles. The monoisotopic (exact) mass is 273 g/mol. The third kappa shape index (κ3) is 3.75. The van der Waals surface area contributed by atoms with Crippen molar-refractivity contribution in [2.45, 2.75) is 23.3 Å². The molecule has 0 saturated carbocycles. The molecule has 2 aromatic rings. The number of methoxy groups -OCH3 is 1. The van der Waals surface area contributed by atoms with Crippen molar-refractivity contribution < 1.29 is 4.74 Å². The molecule has 0 spiro atoms. The Morgan fingerprint density at radius 3 is 2.42 bits per heavy atom. The first-order valence-corrected chi connectivity index (χ1v) is 7.26. The van der Waals surface area contributed by atoms with Crippen LogP contribution < -0.4 is 10.1 Å². The molecule has 0 atom stereocenters. The Labute approximate surface area is 119 Å². The van der Waals surface area contributed by atoms with Gasteiger partial charge in [-0.05, 0) is 30.3 Å². The SMILES string of the molecule is CCNCc1ccccc1Sc1ccccc1OC. The molecule has 0 amide bonds. The molecule has 0 unspecified atom stereocenters. The number of nitrogens with one attached hydrogen (secondary N) is 1. The Morgan fingerprint density at radius 1 is 1.00 bits per heavy atom. The molecule has 2 rings (SSSR count). The van der Waals surface area contributed by atoms with Crippen molar-refractivity contribution in [2.75, 3.05) is 13.7 Å². The highest BCUT2D eigenvalue weighted by Crippen LogP contribution is 2.36. The van der Waals surface area contributed by atoms with Gasteiger partial charge in [-0.25, -0.2) is 0 Å². The van der Waals surface area contributed by atoms with E-state index in [2.05, 4.69) is 42.6 Å². The lowest BCUT2D eigenvalue weighted by Gasteiger charge is -2.11. The summed E-state index contributed by atoms with van der Waals surface area (Å²) in [6.07, 6.45) is 0. The minimum absolute atomic E-state index is 0.898. The minimum Gasteiger partial charge on any atom is -0.496 e. The summed E-state index contributed by atoms with van der Waals surface area (Å²) in [6.45, 7) is 4.00. The summed E-state index contributed by atoms with van der Waals surface area (Å²) < 4.78 is 5.40. The van der Waals surface area contributed by atoms with E-state index < -0.39 is 0 Å². The number of ether oxygens (including phenoxy) is 1. The van der Waals surface area contributed by atoms with Gasteiger partial charge >= 0.3 is 0 Å². The predicted molar refractivity (Wildman–Crippen MR) is 80.9 cm³/mol. The third-order valence-corrected chi connectivity index (χ3v) is 4.00. The van der Waals surface area contributed by atoms with Crippen molar-refractivity contribution in [3.05, 3.63) is 54.1 Å². The quantitative estimate of drug-likeness (QED) is 0.861. The summed E-state index contributed by atoms with van der Waals surface area (Å²) >= 11 is 1.75. The number of para-hydroxylation sites is 1. The van der Waals surface area contributed by atoms with Gasteiger partial charge in [0.2, 0.25) is 0 Å². The molecule has 100 valence electrons. The van der Waals surface area contributed by atoms with Gasteiger partial charge in [0.15, 0.2) is 0 Å². The minimum atomic E-state index is 0.898. The Morgan fingerprint density at radius 2 is 1.68 bits per heavy atom. The van der Waals surface area contributed by atoms with Crippen LogP contribution in [0.15, 0.2) is 58.3 Å². The second kappa shape index (κ2) is 7.22. The fraction of sp³-hybridized carbons (Fsp3) is 0.250. The normalized spacial score (nSPS) is 10.4. The molecule has 19 heavy (non-hydrogen) atoms. The zero-order valence-corrected chi connectivity index (χ0v) is 12.2. The van der Waals surface area contributed by atoms with Crippen molar-refractivity contribution in [1.29, 1.82) is 0 Å². The van der Waals surface area contributed by atoms with Gasteiger partial charge in [-0.1, -0.05) is 49.0 Å². The van der Waals surface area contributed by atoms with Crippen LogP contribution in [0.25, 0.3) is 0 Å². The average Bonchev–Trinajstić information content (AvgIpc) is 2.47. The van der Waals surface area contributed by atoms with E-state index >= 15 is 0 Å². The molecular weight excluding hydrogens is 254 g/mol. The first-order chi connectivity index (χ1) is 9.35. The summed E-state index contributed by atoms with van der Waals surface area (Å²) in [6, 6.07) is 16.6. The molecule has 0 aromatic heterocycles. The summed E-state index contributed by atoms with van der Waals surface area (Å²) in [4.78, 5) is 2.42. The molecule has 0 fully saturated rings. The fourth-order valence-corrected chi connectivity index (χ4v) is 2.88. The Hall–Kier alpha value is -1.45. The lowest BCUT2D eigenvalue weighted by Crippen LogP contribution is -2.12. The van der Waals surface area contributed by atoms with E-state index in [-0.39, 0.29) is 0 Å². The van der Waals surface area contributed by atoms with Crippen LogP contribution in [0, 0.1) is 0 Å². The van der Waals surface area contributed by atoms with Crippen LogP contribution >= 0.6 is 11.8 Å². The van der Waals surface area contributed by atoms with E-state index in [4.69, 9.17) is 4.74 Å². The van der Waals surface area contributed by atoms with Gasteiger partial charge in [-0.15, -0.1) is 0 Å². The number of benzene rings is 2. The predicted octanol–water partition coefficient (Wildman–Crippen LogP) is 3.96. The summed E-state index contributed by atoms with van der Waals surface area (Å²) in [7, 11) is 1.71. The van der Waals surface area contributed by atoms with Crippen LogP contribution in [0.4, 0.5) is 0 Å². The van der Waals surface area contributed by atoms with E-state index in [0.717, 1.165) is 23.7 Å². The molecule has 0 bridgehead atoms. The zero-order valence-electron chi connectivity index (χ0n) is 11.3. The van der Waals surface area contributed by atoms with Crippen LogP contribution in [0.3, 0.4) is 0 Å². The summed E-state index contributed by atoms with van der Waals surface area (Å²) in [5, 5.41) is 3.37. The Kier molecular flexibility index (Phi) is 5.31. The van der Waals surface area contributed by atoms with E-state index in [1.165, 1.54) is 10.5 Å². The van der Waals surface area contributed by atoms with E-state index in [1.54, 1.807) is 18.9 Å². The van der Waals surface area contributed by atoms with Gasteiger partial charge in [0.05, 0.1) is 12.0 Å². The average molecular weight is 273 g/mol. The number of hydrogen-bond donors (Lipinski definition) is 1. The molecule has 2 nitrogen and oxygen atoms in total.